The van der Waals surface area contributed by atoms with Gasteiger partial charge in [-0.25, -0.2) is 0 Å². The lowest BCUT2D eigenvalue weighted by Gasteiger charge is -2.30. The number of nitrogens with zero attached hydrogens (tertiary/aromatic N) is 2. The minimum absolute atomic E-state index is 0. The number of methoxy groups -OCH3 is 1. The number of ether oxygens (including phenoxy) is 1. The fourth-order valence-electron chi connectivity index (χ4n) is 1.65. The van der Waals surface area contributed by atoms with Gasteiger partial charge in [0.05, 0.1) is 12.6 Å². The van der Waals surface area contributed by atoms with Crippen LogP contribution in [-0.2, 0) is 4.74 Å². The average Bonchev–Trinajstić information content (AvgIpc) is 2.50. The number of hydrogen-bond acceptors (Lipinski definition) is 4. The van der Waals surface area contributed by atoms with E-state index >= 15 is 0 Å². The third-order valence-electron chi connectivity index (χ3n) is 2.75. The maximum absolute atomic E-state index is 5.47. The Morgan fingerprint density at radius 3 is 2.50 bits per heavy atom. The fraction of sp³-hybridized carbons (Fsp3) is 0.909. The van der Waals surface area contributed by atoms with Crippen LogP contribution in [0.1, 0.15) is 20.8 Å². The van der Waals surface area contributed by atoms with E-state index in [1.165, 1.54) is 0 Å². The number of aliphatic imine (C=N–C) groups is 1. The molecule has 4 nitrogen and oxygen atoms in total. The van der Waals surface area contributed by atoms with E-state index in [1.807, 2.05) is 0 Å². The minimum atomic E-state index is 0. The molecule has 96 valence electrons. The van der Waals surface area contributed by atoms with Gasteiger partial charge < -0.3 is 15.0 Å². The number of guanidine groups is 1. The van der Waals surface area contributed by atoms with Crippen LogP contribution in [0.3, 0.4) is 0 Å². The number of hydrogen-bond donors (Lipinski definition) is 1. The van der Waals surface area contributed by atoms with Gasteiger partial charge in [0.1, 0.15) is 0 Å². The van der Waals surface area contributed by atoms with Gasteiger partial charge in [-0.05, 0) is 5.41 Å². The third-order valence-corrected chi connectivity index (χ3v) is 2.75. The molecule has 1 N–H and O–H groups in total. The molecule has 0 aromatic carbocycles. The van der Waals surface area contributed by atoms with Crippen molar-refractivity contribution in [3.8, 4) is 0 Å². The van der Waals surface area contributed by atoms with E-state index in [2.05, 4.69) is 43.0 Å². The van der Waals surface area contributed by atoms with Gasteiger partial charge in [-0.15, -0.1) is 24.0 Å². The highest BCUT2D eigenvalue weighted by molar-refractivity contribution is 14.0. The summed E-state index contributed by atoms with van der Waals surface area (Å²) >= 11 is 0. The van der Waals surface area contributed by atoms with Gasteiger partial charge in [-0.1, -0.05) is 20.8 Å². The highest BCUT2D eigenvalue weighted by Crippen LogP contribution is 2.21. The fourth-order valence-corrected chi connectivity index (χ4v) is 1.65. The van der Waals surface area contributed by atoms with E-state index < -0.39 is 0 Å². The van der Waals surface area contributed by atoms with E-state index in [-0.39, 0.29) is 35.5 Å². The molecule has 1 aliphatic heterocycles. The SMILES string of the molecule is COC(CNC1=NCCN1C)C(C)(C)C.I. The Labute approximate surface area is 116 Å². The van der Waals surface area contributed by atoms with Crippen LogP contribution in [0.15, 0.2) is 4.99 Å². The number of halogens is 1. The van der Waals surface area contributed by atoms with E-state index in [0.717, 1.165) is 25.6 Å². The molecular weight excluding hydrogens is 317 g/mol. The topological polar surface area (TPSA) is 36.9 Å². The predicted molar refractivity (Wildman–Crippen MR) is 78.6 cm³/mol. The lowest BCUT2D eigenvalue weighted by atomic mass is 9.89. The van der Waals surface area contributed by atoms with Crippen LogP contribution in [0, 0.1) is 5.41 Å². The molecule has 1 aliphatic rings. The van der Waals surface area contributed by atoms with Gasteiger partial charge in [0.25, 0.3) is 0 Å². The first-order valence-corrected chi connectivity index (χ1v) is 5.47. The van der Waals surface area contributed by atoms with Crippen molar-refractivity contribution in [2.75, 3.05) is 33.8 Å². The summed E-state index contributed by atoms with van der Waals surface area (Å²) in [5.74, 6) is 0.987. The van der Waals surface area contributed by atoms with Crippen molar-refractivity contribution < 1.29 is 4.74 Å². The Morgan fingerprint density at radius 1 is 1.50 bits per heavy atom. The molecule has 0 amide bonds. The van der Waals surface area contributed by atoms with Crippen LogP contribution in [0.25, 0.3) is 0 Å². The Bertz CT molecular complexity index is 238. The molecule has 1 rings (SSSR count). The zero-order chi connectivity index (χ0) is 11.5. The maximum atomic E-state index is 5.47. The molecule has 0 aromatic rings. The summed E-state index contributed by atoms with van der Waals surface area (Å²) < 4.78 is 5.47. The monoisotopic (exact) mass is 341 g/mol. The van der Waals surface area contributed by atoms with Crippen LogP contribution in [0.2, 0.25) is 0 Å². The number of likely N-dealkylation sites (N-methyl/N-ethyl adjacent to an activating group) is 1. The molecule has 0 saturated carbocycles. The summed E-state index contributed by atoms with van der Waals surface area (Å²) in [6.07, 6.45) is 0.203. The van der Waals surface area contributed by atoms with Crippen LogP contribution < -0.4 is 5.32 Å². The first kappa shape index (κ1) is 16.0. The van der Waals surface area contributed by atoms with Crippen molar-refractivity contribution in [3.63, 3.8) is 0 Å². The highest BCUT2D eigenvalue weighted by atomic mass is 127. The summed E-state index contributed by atoms with van der Waals surface area (Å²) in [6, 6.07) is 0. The Hall–Kier alpha value is -0.0400. The van der Waals surface area contributed by atoms with Gasteiger partial charge in [-0.2, -0.15) is 0 Å². The van der Waals surface area contributed by atoms with Gasteiger partial charge >= 0.3 is 0 Å². The molecule has 1 atom stereocenters. The van der Waals surface area contributed by atoms with Crippen LogP contribution in [-0.4, -0.2) is 50.8 Å². The molecule has 0 spiro atoms. The van der Waals surface area contributed by atoms with Crippen molar-refractivity contribution in [1.82, 2.24) is 10.2 Å². The zero-order valence-corrected chi connectivity index (χ0v) is 13.2. The summed E-state index contributed by atoms with van der Waals surface area (Å²) in [7, 11) is 3.81. The normalized spacial score (nSPS) is 17.8. The van der Waals surface area contributed by atoms with Crippen molar-refractivity contribution in [3.05, 3.63) is 0 Å². The quantitative estimate of drug-likeness (QED) is 0.792. The lowest BCUT2D eigenvalue weighted by Crippen LogP contribution is -2.44. The van der Waals surface area contributed by atoms with E-state index in [1.54, 1.807) is 7.11 Å². The maximum Gasteiger partial charge on any atom is 0.193 e. The molecule has 0 aromatic heterocycles. The van der Waals surface area contributed by atoms with Crippen molar-refractivity contribution >= 4 is 29.9 Å². The van der Waals surface area contributed by atoms with Gasteiger partial charge in [0.2, 0.25) is 0 Å². The van der Waals surface area contributed by atoms with Crippen molar-refractivity contribution in [1.29, 1.82) is 0 Å². The molecule has 0 saturated heterocycles. The number of nitrogens with one attached hydrogen (secondary N) is 1. The van der Waals surface area contributed by atoms with Crippen LogP contribution >= 0.6 is 24.0 Å². The minimum Gasteiger partial charge on any atom is -0.379 e. The van der Waals surface area contributed by atoms with Crippen molar-refractivity contribution in [2.45, 2.75) is 26.9 Å². The predicted octanol–water partition coefficient (Wildman–Crippen LogP) is 1.56. The molecular formula is C11H24IN3O. The first-order chi connectivity index (χ1) is 6.95. The standard InChI is InChI=1S/C11H23N3O.HI/c1-11(2,3)9(15-5)8-13-10-12-6-7-14(10)4;/h9H,6-8H2,1-5H3,(H,12,13);1H. The van der Waals surface area contributed by atoms with Gasteiger partial charge in [0.15, 0.2) is 5.96 Å². The number of rotatable bonds is 3. The molecule has 0 bridgehead atoms. The summed E-state index contributed by atoms with van der Waals surface area (Å²) in [5, 5.41) is 3.34. The first-order valence-electron chi connectivity index (χ1n) is 5.47. The zero-order valence-electron chi connectivity index (χ0n) is 10.9. The molecule has 1 unspecified atom stereocenters. The second-order valence-electron chi connectivity index (χ2n) is 5.10. The Kier molecular flexibility index (Phi) is 6.62. The van der Waals surface area contributed by atoms with Crippen LogP contribution in [0.4, 0.5) is 0 Å². The molecule has 5 heteroatoms. The largest absolute Gasteiger partial charge is 0.379 e. The van der Waals surface area contributed by atoms with E-state index in [9.17, 15) is 0 Å². The molecule has 0 fully saturated rings. The highest BCUT2D eigenvalue weighted by Gasteiger charge is 2.25. The van der Waals surface area contributed by atoms with E-state index in [4.69, 9.17) is 4.74 Å². The summed E-state index contributed by atoms with van der Waals surface area (Å²) in [4.78, 5) is 6.52. The Morgan fingerprint density at radius 2 is 2.12 bits per heavy atom. The van der Waals surface area contributed by atoms with Gasteiger partial charge in [-0.3, -0.25) is 4.99 Å². The molecule has 1 heterocycles. The second-order valence-corrected chi connectivity index (χ2v) is 5.10. The summed E-state index contributed by atoms with van der Waals surface area (Å²) in [5.41, 5.74) is 0.152. The van der Waals surface area contributed by atoms with Crippen molar-refractivity contribution in [2.24, 2.45) is 10.4 Å². The third kappa shape index (κ3) is 4.45. The smallest absolute Gasteiger partial charge is 0.193 e. The Balaban J connectivity index is 0.00000225. The summed E-state index contributed by atoms with van der Waals surface area (Å²) in [6.45, 7) is 9.26. The van der Waals surface area contributed by atoms with Crippen LogP contribution in [0.5, 0.6) is 0 Å². The molecule has 0 radical (unpaired) electrons. The average molecular weight is 341 g/mol. The van der Waals surface area contributed by atoms with Gasteiger partial charge in [0, 0.05) is 27.2 Å². The molecule has 16 heavy (non-hydrogen) atoms. The van der Waals surface area contributed by atoms with E-state index in [0.29, 0.717) is 0 Å². The second kappa shape index (κ2) is 6.64. The molecule has 0 aliphatic carbocycles. The lowest BCUT2D eigenvalue weighted by molar-refractivity contribution is 0.0203.